The minimum atomic E-state index is 0.103. The van der Waals surface area contributed by atoms with Gasteiger partial charge in [-0.25, -0.2) is 0 Å². The molecule has 1 saturated heterocycles. The van der Waals surface area contributed by atoms with Crippen molar-refractivity contribution < 1.29 is 9.59 Å². The molecule has 0 aliphatic carbocycles. The van der Waals surface area contributed by atoms with Gasteiger partial charge in [0.25, 0.3) is 0 Å². The maximum Gasteiger partial charge on any atom is 0.219 e. The van der Waals surface area contributed by atoms with E-state index < -0.39 is 0 Å². The number of amides is 2. The van der Waals surface area contributed by atoms with Gasteiger partial charge in [0, 0.05) is 39.5 Å². The number of piperazine rings is 1. The summed E-state index contributed by atoms with van der Waals surface area (Å²) in [6, 6.07) is 0.199. The van der Waals surface area contributed by atoms with Gasteiger partial charge in [0.1, 0.15) is 0 Å². The molecule has 0 aromatic heterocycles. The molecule has 1 atom stereocenters. The molecule has 14 heavy (non-hydrogen) atoms. The van der Waals surface area contributed by atoms with E-state index in [1.807, 2.05) is 16.7 Å². The summed E-state index contributed by atoms with van der Waals surface area (Å²) in [5.74, 6) is 0.215. The Morgan fingerprint density at radius 2 is 1.86 bits per heavy atom. The Hall–Kier alpha value is -1.06. The first-order valence-electron chi connectivity index (χ1n) is 5.09. The normalized spacial score (nSPS) is 22.4. The number of carbonyl (C=O) groups is 2. The van der Waals surface area contributed by atoms with Gasteiger partial charge < -0.3 is 9.80 Å². The van der Waals surface area contributed by atoms with E-state index in [4.69, 9.17) is 0 Å². The summed E-state index contributed by atoms with van der Waals surface area (Å²) in [7, 11) is 0. The van der Waals surface area contributed by atoms with Crippen molar-refractivity contribution in [1.82, 2.24) is 9.80 Å². The highest BCUT2D eigenvalue weighted by molar-refractivity contribution is 5.76. The molecule has 1 rings (SSSR count). The Morgan fingerprint density at radius 1 is 1.21 bits per heavy atom. The first kappa shape index (κ1) is 11.0. The van der Waals surface area contributed by atoms with Gasteiger partial charge in [0.15, 0.2) is 0 Å². The third-order valence-corrected chi connectivity index (χ3v) is 2.80. The molecular formula is C10H18N2O2. The summed E-state index contributed by atoms with van der Waals surface area (Å²) >= 11 is 0. The van der Waals surface area contributed by atoms with E-state index in [9.17, 15) is 9.59 Å². The van der Waals surface area contributed by atoms with Gasteiger partial charge in [-0.2, -0.15) is 0 Å². The molecule has 1 heterocycles. The van der Waals surface area contributed by atoms with Crippen molar-refractivity contribution in [2.24, 2.45) is 0 Å². The van der Waals surface area contributed by atoms with Crippen molar-refractivity contribution in [3.05, 3.63) is 0 Å². The zero-order valence-corrected chi connectivity index (χ0v) is 9.12. The number of rotatable bonds is 1. The van der Waals surface area contributed by atoms with Gasteiger partial charge in [0.05, 0.1) is 0 Å². The van der Waals surface area contributed by atoms with Crippen LogP contribution in [0.15, 0.2) is 0 Å². The Balaban J connectivity index is 2.63. The van der Waals surface area contributed by atoms with E-state index in [0.29, 0.717) is 19.6 Å². The molecule has 4 nitrogen and oxygen atoms in total. The van der Waals surface area contributed by atoms with Crippen molar-refractivity contribution in [2.45, 2.75) is 33.2 Å². The largest absolute Gasteiger partial charge is 0.339 e. The van der Waals surface area contributed by atoms with Crippen molar-refractivity contribution in [2.75, 3.05) is 19.6 Å². The van der Waals surface area contributed by atoms with Crippen molar-refractivity contribution in [3.8, 4) is 0 Å². The molecule has 0 unspecified atom stereocenters. The van der Waals surface area contributed by atoms with Crippen LogP contribution in [-0.2, 0) is 9.59 Å². The highest BCUT2D eigenvalue weighted by Crippen LogP contribution is 2.12. The monoisotopic (exact) mass is 198 g/mol. The lowest BCUT2D eigenvalue weighted by atomic mass is 10.1. The van der Waals surface area contributed by atoms with E-state index in [0.717, 1.165) is 6.42 Å². The molecule has 0 bridgehead atoms. The topological polar surface area (TPSA) is 40.6 Å². The van der Waals surface area contributed by atoms with E-state index in [-0.39, 0.29) is 17.9 Å². The second kappa shape index (κ2) is 4.44. The Kier molecular flexibility index (Phi) is 3.49. The van der Waals surface area contributed by atoms with Crippen molar-refractivity contribution in [1.29, 1.82) is 0 Å². The summed E-state index contributed by atoms with van der Waals surface area (Å²) in [6.07, 6.45) is 0.906. The van der Waals surface area contributed by atoms with Gasteiger partial charge in [-0.15, -0.1) is 0 Å². The van der Waals surface area contributed by atoms with Gasteiger partial charge in [-0.1, -0.05) is 6.92 Å². The number of hydrogen-bond donors (Lipinski definition) is 0. The molecule has 0 aromatic carbocycles. The Bertz CT molecular complexity index is 240. The van der Waals surface area contributed by atoms with Crippen LogP contribution in [0.3, 0.4) is 0 Å². The lowest BCUT2D eigenvalue weighted by Gasteiger charge is -2.40. The molecular weight excluding hydrogens is 180 g/mol. The zero-order valence-electron chi connectivity index (χ0n) is 9.12. The van der Waals surface area contributed by atoms with E-state index in [1.165, 1.54) is 0 Å². The average molecular weight is 198 g/mol. The van der Waals surface area contributed by atoms with Gasteiger partial charge >= 0.3 is 0 Å². The van der Waals surface area contributed by atoms with E-state index in [1.54, 1.807) is 13.8 Å². The predicted molar refractivity (Wildman–Crippen MR) is 53.7 cm³/mol. The predicted octanol–water partition coefficient (Wildman–Crippen LogP) is 0.476. The van der Waals surface area contributed by atoms with Crippen LogP contribution in [0, 0.1) is 0 Å². The van der Waals surface area contributed by atoms with Gasteiger partial charge in [0.2, 0.25) is 11.8 Å². The highest BCUT2D eigenvalue weighted by atomic mass is 16.2. The van der Waals surface area contributed by atoms with Crippen LogP contribution in [0.4, 0.5) is 0 Å². The summed E-state index contributed by atoms with van der Waals surface area (Å²) in [5, 5.41) is 0. The van der Waals surface area contributed by atoms with Gasteiger partial charge in [-0.05, 0) is 6.42 Å². The fraction of sp³-hybridized carbons (Fsp3) is 0.800. The lowest BCUT2D eigenvalue weighted by molar-refractivity contribution is -0.140. The number of carbonyl (C=O) groups excluding carboxylic acids is 2. The van der Waals surface area contributed by atoms with Crippen LogP contribution in [0.5, 0.6) is 0 Å². The van der Waals surface area contributed by atoms with Crippen LogP contribution < -0.4 is 0 Å². The SMILES string of the molecule is CC[C@H]1CN(C(C)=O)CCN1C(C)=O. The maximum atomic E-state index is 11.3. The lowest BCUT2D eigenvalue weighted by Crippen LogP contribution is -2.55. The molecule has 1 aliphatic rings. The fourth-order valence-electron chi connectivity index (χ4n) is 1.91. The first-order valence-corrected chi connectivity index (χ1v) is 5.09. The van der Waals surface area contributed by atoms with Crippen LogP contribution >= 0.6 is 0 Å². The Morgan fingerprint density at radius 3 is 2.29 bits per heavy atom. The molecule has 1 fully saturated rings. The molecule has 80 valence electrons. The zero-order chi connectivity index (χ0) is 10.7. The minimum Gasteiger partial charge on any atom is -0.339 e. The third-order valence-electron chi connectivity index (χ3n) is 2.80. The van der Waals surface area contributed by atoms with Crippen LogP contribution in [0.1, 0.15) is 27.2 Å². The second-order valence-electron chi connectivity index (χ2n) is 3.74. The summed E-state index contributed by atoms with van der Waals surface area (Å²) < 4.78 is 0. The minimum absolute atomic E-state index is 0.103. The fourth-order valence-corrected chi connectivity index (χ4v) is 1.91. The molecule has 2 amide bonds. The molecule has 0 spiro atoms. The molecule has 1 aliphatic heterocycles. The summed E-state index contributed by atoms with van der Waals surface area (Å²) in [5.41, 5.74) is 0. The molecule has 0 radical (unpaired) electrons. The van der Waals surface area contributed by atoms with Crippen molar-refractivity contribution >= 4 is 11.8 Å². The molecule has 0 N–H and O–H groups in total. The van der Waals surface area contributed by atoms with E-state index in [2.05, 4.69) is 0 Å². The molecule has 4 heteroatoms. The highest BCUT2D eigenvalue weighted by Gasteiger charge is 2.28. The number of nitrogens with zero attached hydrogens (tertiary/aromatic N) is 2. The van der Waals surface area contributed by atoms with Gasteiger partial charge in [-0.3, -0.25) is 9.59 Å². The molecule has 0 aromatic rings. The first-order chi connectivity index (χ1) is 6.56. The summed E-state index contributed by atoms with van der Waals surface area (Å²) in [6.45, 7) is 7.25. The van der Waals surface area contributed by atoms with E-state index >= 15 is 0 Å². The summed E-state index contributed by atoms with van der Waals surface area (Å²) in [4.78, 5) is 26.1. The standard InChI is InChI=1S/C10H18N2O2/c1-4-10-7-11(8(2)13)5-6-12(10)9(3)14/h10H,4-7H2,1-3H3/t10-/m0/s1. The quantitative estimate of drug-likeness (QED) is 0.614. The molecule has 0 saturated carbocycles. The Labute approximate surface area is 84.9 Å². The van der Waals surface area contributed by atoms with Crippen LogP contribution in [0.25, 0.3) is 0 Å². The second-order valence-corrected chi connectivity index (χ2v) is 3.74. The van der Waals surface area contributed by atoms with Crippen molar-refractivity contribution in [3.63, 3.8) is 0 Å². The average Bonchev–Trinajstić information content (AvgIpc) is 2.16. The van der Waals surface area contributed by atoms with Crippen LogP contribution in [0.2, 0.25) is 0 Å². The maximum absolute atomic E-state index is 11.3. The van der Waals surface area contributed by atoms with Crippen LogP contribution in [-0.4, -0.2) is 47.3 Å². The smallest absolute Gasteiger partial charge is 0.219 e. The number of hydrogen-bond acceptors (Lipinski definition) is 2. The third kappa shape index (κ3) is 2.25.